The molecule has 0 spiro atoms. The maximum absolute atomic E-state index is 9.00. The molecule has 190 valence electrons. The Morgan fingerprint density at radius 2 is 0.879 bits per heavy atom. The van der Waals surface area contributed by atoms with Crippen molar-refractivity contribution in [2.24, 2.45) is 0 Å². The van der Waals surface area contributed by atoms with E-state index < -0.39 is 11.9 Å². The van der Waals surface area contributed by atoms with Crippen molar-refractivity contribution < 1.29 is 39.3 Å². The van der Waals surface area contributed by atoms with Gasteiger partial charge in [0.2, 0.25) is 0 Å². The van der Waals surface area contributed by atoms with Crippen LogP contribution in [0.5, 0.6) is 0 Å². The third-order valence-corrected chi connectivity index (χ3v) is 6.10. The van der Waals surface area contributed by atoms with Gasteiger partial charge < -0.3 is 31.5 Å². The number of hydrogen-bond donors (Lipinski definition) is 2. The minimum atomic E-state index is -0.833. The molecule has 0 aromatic heterocycles. The quantitative estimate of drug-likeness (QED) is 0.390. The van der Waals surface area contributed by atoms with E-state index in [0.29, 0.717) is 36.3 Å². The minimum Gasteiger partial charge on any atom is -0.661 e. The van der Waals surface area contributed by atoms with Crippen molar-refractivity contribution in [1.82, 2.24) is 0 Å². The molecule has 0 aromatic rings. The number of carbonyl (C=O) groups is 2. The van der Waals surface area contributed by atoms with Gasteiger partial charge in [0.05, 0.1) is 0 Å². The summed E-state index contributed by atoms with van der Waals surface area (Å²) in [5.41, 5.74) is 0. The maximum Gasteiger partial charge on any atom is 0.300 e. The fourth-order valence-electron chi connectivity index (χ4n) is 4.61. The van der Waals surface area contributed by atoms with Crippen LogP contribution in [0.1, 0.15) is 91.9 Å². The Hall–Kier alpha value is -0.597. The van der Waals surface area contributed by atoms with Crippen LogP contribution >= 0.6 is 0 Å². The van der Waals surface area contributed by atoms with Crippen LogP contribution in [0.4, 0.5) is 0 Å². The van der Waals surface area contributed by atoms with Gasteiger partial charge in [-0.2, -0.15) is 37.3 Å². The van der Waals surface area contributed by atoms with E-state index in [1.165, 1.54) is 51.4 Å². The summed E-state index contributed by atoms with van der Waals surface area (Å²) in [5.74, 6) is -1.67. The number of rotatable bonds is 0. The van der Waals surface area contributed by atoms with E-state index in [0.717, 1.165) is 39.8 Å². The van der Waals surface area contributed by atoms with Gasteiger partial charge in [-0.15, -0.1) is 12.1 Å². The molecule has 0 amide bonds. The summed E-state index contributed by atoms with van der Waals surface area (Å²) in [6.45, 7) is 8.64. The van der Waals surface area contributed by atoms with Crippen LogP contribution in [0.2, 0.25) is 0 Å². The van der Waals surface area contributed by atoms with Crippen LogP contribution in [-0.4, -0.2) is 71.5 Å². The number of carboxylic acid groups (broad SMARTS) is 2. The van der Waals surface area contributed by atoms with Crippen molar-refractivity contribution in [3.05, 3.63) is 21.3 Å². The second-order valence-electron chi connectivity index (χ2n) is 9.26. The molecule has 3 fully saturated rings. The molecule has 1 aliphatic heterocycles. The van der Waals surface area contributed by atoms with Gasteiger partial charge in [0.15, 0.2) is 0 Å². The van der Waals surface area contributed by atoms with E-state index in [2.05, 4.69) is 13.8 Å². The summed E-state index contributed by atoms with van der Waals surface area (Å²) in [7, 11) is 0. The minimum absolute atomic E-state index is 0. The third-order valence-electron chi connectivity index (χ3n) is 6.10. The Balaban J connectivity index is 0.000000991. The van der Waals surface area contributed by atoms with Gasteiger partial charge in [-0.05, 0) is 0 Å². The fourth-order valence-corrected chi connectivity index (χ4v) is 4.61. The molecule has 2 aliphatic carbocycles. The first-order valence-corrected chi connectivity index (χ1v) is 12.3. The number of carboxylic acids is 2. The summed E-state index contributed by atoms with van der Waals surface area (Å²) >= 11 is 0. The first kappa shape index (κ1) is 32.4. The standard InChI is InChI=1S/C20H36N4.2C2H4O2.Zn/c1-15-11-13-21-18-8-4-6-10-20(18)24-16(2)12-14-22-17-7-3-5-9-19(17)23-15;2*1-2(3)4;/h15-20H,3-14H2,1-2H3;2*1H3,(H,3,4);/q-4;;;. The fraction of sp³-hybridized carbons (Fsp3) is 0.917. The zero-order valence-corrected chi connectivity index (χ0v) is 24.1. The van der Waals surface area contributed by atoms with Crippen LogP contribution in [0, 0.1) is 0 Å². The zero-order valence-electron chi connectivity index (χ0n) is 21.2. The second-order valence-corrected chi connectivity index (χ2v) is 9.26. The summed E-state index contributed by atoms with van der Waals surface area (Å²) in [5, 5.41) is 35.2. The van der Waals surface area contributed by atoms with Crippen molar-refractivity contribution in [1.29, 1.82) is 0 Å². The van der Waals surface area contributed by atoms with Crippen molar-refractivity contribution in [3.63, 3.8) is 0 Å². The van der Waals surface area contributed by atoms with Crippen molar-refractivity contribution in [3.8, 4) is 0 Å². The van der Waals surface area contributed by atoms with Crippen molar-refractivity contribution in [2.75, 3.05) is 13.1 Å². The molecule has 9 heteroatoms. The SMILES string of the molecule is CC(=O)O.CC(=O)O.CC1CC[N-]C2CCCCC2[N-]C(C)CC[N-]C2CCCCC2[N-]1.[Zn]. The van der Waals surface area contributed by atoms with Gasteiger partial charge in [-0.1, -0.05) is 78.1 Å². The molecule has 1 heterocycles. The molecule has 8 nitrogen and oxygen atoms in total. The van der Waals surface area contributed by atoms with Gasteiger partial charge >= 0.3 is 0 Å². The van der Waals surface area contributed by atoms with Gasteiger partial charge in [-0.3, -0.25) is 9.59 Å². The number of nitrogens with zero attached hydrogens (tertiary/aromatic N) is 4. The maximum atomic E-state index is 9.00. The van der Waals surface area contributed by atoms with E-state index in [4.69, 9.17) is 41.1 Å². The molecule has 1 saturated heterocycles. The molecule has 0 radical (unpaired) electrons. The summed E-state index contributed by atoms with van der Waals surface area (Å²) in [4.78, 5) is 18.0. The van der Waals surface area contributed by atoms with E-state index in [9.17, 15) is 0 Å². The molecule has 0 aromatic carbocycles. The van der Waals surface area contributed by atoms with Crippen LogP contribution in [0.25, 0.3) is 21.3 Å². The normalized spacial score (nSPS) is 33.0. The van der Waals surface area contributed by atoms with Gasteiger partial charge in [0, 0.05) is 33.3 Å². The molecule has 6 atom stereocenters. The molecular formula is C24H44N4O4Zn-4. The Labute approximate surface area is 213 Å². The monoisotopic (exact) mass is 516 g/mol. The molecule has 2 saturated carbocycles. The van der Waals surface area contributed by atoms with Gasteiger partial charge in [0.25, 0.3) is 11.9 Å². The average Bonchev–Trinajstić information content (AvgIpc) is 2.69. The Morgan fingerprint density at radius 3 is 1.18 bits per heavy atom. The van der Waals surface area contributed by atoms with Crippen LogP contribution < -0.4 is 0 Å². The largest absolute Gasteiger partial charge is 0.661 e. The zero-order chi connectivity index (χ0) is 23.9. The van der Waals surface area contributed by atoms with E-state index in [-0.39, 0.29) is 19.5 Å². The number of fused-ring (bicyclic) bond motifs is 2. The molecule has 3 rings (SSSR count). The second kappa shape index (κ2) is 18.7. The number of hydrogen-bond acceptors (Lipinski definition) is 2. The average molecular weight is 518 g/mol. The van der Waals surface area contributed by atoms with Crippen LogP contribution in [-0.2, 0) is 29.1 Å². The van der Waals surface area contributed by atoms with E-state index in [1.807, 2.05) is 0 Å². The van der Waals surface area contributed by atoms with Crippen molar-refractivity contribution in [2.45, 2.75) is 128 Å². The summed E-state index contributed by atoms with van der Waals surface area (Å²) < 4.78 is 0. The van der Waals surface area contributed by atoms with Crippen LogP contribution in [0.15, 0.2) is 0 Å². The topological polar surface area (TPSA) is 131 Å². The molecule has 2 N–H and O–H groups in total. The Morgan fingerprint density at radius 1 is 0.606 bits per heavy atom. The first-order valence-electron chi connectivity index (χ1n) is 12.3. The number of aliphatic carboxylic acids is 2. The Bertz CT molecular complexity index is 487. The molecule has 33 heavy (non-hydrogen) atoms. The molecule has 0 bridgehead atoms. The van der Waals surface area contributed by atoms with Gasteiger partial charge in [0.1, 0.15) is 0 Å². The summed E-state index contributed by atoms with van der Waals surface area (Å²) in [6.07, 6.45) is 12.5. The van der Waals surface area contributed by atoms with Gasteiger partial charge in [-0.25, -0.2) is 0 Å². The van der Waals surface area contributed by atoms with Crippen LogP contribution in [0.3, 0.4) is 0 Å². The predicted molar refractivity (Wildman–Crippen MR) is 130 cm³/mol. The molecule has 6 unspecified atom stereocenters. The van der Waals surface area contributed by atoms with E-state index in [1.54, 1.807) is 0 Å². The predicted octanol–water partition coefficient (Wildman–Crippen LogP) is 5.85. The van der Waals surface area contributed by atoms with Crippen molar-refractivity contribution >= 4 is 11.9 Å². The van der Waals surface area contributed by atoms with E-state index >= 15 is 0 Å². The summed E-state index contributed by atoms with van der Waals surface area (Å²) in [6, 6.07) is 2.72. The Kier molecular flexibility index (Phi) is 18.4. The smallest absolute Gasteiger partial charge is 0.300 e. The molecule has 3 aliphatic rings. The first-order chi connectivity index (χ1) is 15.2. The third kappa shape index (κ3) is 15.8. The molecular weight excluding hydrogens is 474 g/mol.